The van der Waals surface area contributed by atoms with Crippen LogP contribution in [0.1, 0.15) is 22.0 Å². The molecule has 7 heteroatoms. The number of carbonyl (C=O) groups excluding carboxylic acids is 2. The molecule has 0 spiro atoms. The standard InChI is InChI=1S/C15H12ClFN2O3/c16-11-6-3-9(7-12(11)18)15(21)22-13(14(19)20)8-1-4-10(17)5-2-8/h1-7,13H,18H2,(H2,19,20)/t13-/m1/s1. The number of carbonyl (C=O) groups is 2. The van der Waals surface area contributed by atoms with Gasteiger partial charge in [-0.3, -0.25) is 4.79 Å². The minimum absolute atomic E-state index is 0.121. The Bertz CT molecular complexity index is 719. The maximum Gasteiger partial charge on any atom is 0.339 e. The van der Waals surface area contributed by atoms with Crippen molar-refractivity contribution < 1.29 is 18.7 Å². The molecule has 0 aromatic heterocycles. The van der Waals surface area contributed by atoms with Gasteiger partial charge in [-0.15, -0.1) is 0 Å². The first-order valence-corrected chi connectivity index (χ1v) is 6.57. The Morgan fingerprint density at radius 3 is 2.32 bits per heavy atom. The fraction of sp³-hybridized carbons (Fsp3) is 0.0667. The quantitative estimate of drug-likeness (QED) is 0.667. The Morgan fingerprint density at radius 1 is 1.14 bits per heavy atom. The smallest absolute Gasteiger partial charge is 0.339 e. The van der Waals surface area contributed by atoms with Crippen molar-refractivity contribution in [2.45, 2.75) is 6.10 Å². The highest BCUT2D eigenvalue weighted by molar-refractivity contribution is 6.33. The monoisotopic (exact) mass is 322 g/mol. The molecule has 0 saturated heterocycles. The molecule has 0 heterocycles. The van der Waals surface area contributed by atoms with E-state index in [1.807, 2.05) is 0 Å². The molecule has 0 aliphatic carbocycles. The van der Waals surface area contributed by atoms with E-state index in [2.05, 4.69) is 0 Å². The molecule has 5 nitrogen and oxygen atoms in total. The van der Waals surface area contributed by atoms with Gasteiger partial charge in [0.05, 0.1) is 16.3 Å². The summed E-state index contributed by atoms with van der Waals surface area (Å²) in [6.45, 7) is 0. The summed E-state index contributed by atoms with van der Waals surface area (Å²) in [6, 6.07) is 9.07. The molecule has 1 atom stereocenters. The molecule has 0 radical (unpaired) electrons. The van der Waals surface area contributed by atoms with Crippen molar-refractivity contribution in [3.8, 4) is 0 Å². The molecule has 0 aliphatic heterocycles. The Morgan fingerprint density at radius 2 is 1.77 bits per heavy atom. The summed E-state index contributed by atoms with van der Waals surface area (Å²) in [5.74, 6) is -2.15. The Hall–Kier alpha value is -2.60. The number of ether oxygens (including phenoxy) is 1. The minimum atomic E-state index is -1.33. The highest BCUT2D eigenvalue weighted by Gasteiger charge is 2.23. The van der Waals surface area contributed by atoms with Crippen molar-refractivity contribution in [1.82, 2.24) is 0 Å². The van der Waals surface area contributed by atoms with E-state index in [1.54, 1.807) is 0 Å². The summed E-state index contributed by atoms with van der Waals surface area (Å²) >= 11 is 5.77. The molecule has 2 aromatic carbocycles. The number of nitrogen functional groups attached to an aromatic ring is 1. The van der Waals surface area contributed by atoms with Crippen molar-refractivity contribution in [2.75, 3.05) is 5.73 Å². The fourth-order valence-electron chi connectivity index (χ4n) is 1.77. The molecule has 4 N–H and O–H groups in total. The number of anilines is 1. The second kappa shape index (κ2) is 6.44. The Balaban J connectivity index is 2.24. The summed E-state index contributed by atoms with van der Waals surface area (Å²) in [5, 5.41) is 0.293. The van der Waals surface area contributed by atoms with Crippen molar-refractivity contribution in [3.05, 3.63) is 64.4 Å². The van der Waals surface area contributed by atoms with Gasteiger partial charge in [0.25, 0.3) is 5.91 Å². The third-order valence-electron chi connectivity index (χ3n) is 2.89. The van der Waals surface area contributed by atoms with E-state index in [0.717, 1.165) is 12.1 Å². The zero-order valence-corrected chi connectivity index (χ0v) is 12.0. The van der Waals surface area contributed by atoms with Gasteiger partial charge in [0.1, 0.15) is 5.82 Å². The summed E-state index contributed by atoms with van der Waals surface area (Å²) in [7, 11) is 0. The first-order chi connectivity index (χ1) is 10.4. The van der Waals surface area contributed by atoms with Gasteiger partial charge in [-0.2, -0.15) is 0 Å². The number of amides is 1. The summed E-state index contributed by atoms with van der Waals surface area (Å²) in [5.41, 5.74) is 11.4. The van der Waals surface area contributed by atoms with Crippen molar-refractivity contribution >= 4 is 29.2 Å². The van der Waals surface area contributed by atoms with Gasteiger partial charge in [-0.25, -0.2) is 9.18 Å². The van der Waals surface area contributed by atoms with Crippen LogP contribution in [-0.4, -0.2) is 11.9 Å². The number of hydrogen-bond acceptors (Lipinski definition) is 4. The summed E-state index contributed by atoms with van der Waals surface area (Å²) < 4.78 is 18.0. The van der Waals surface area contributed by atoms with Crippen molar-refractivity contribution in [1.29, 1.82) is 0 Å². The predicted molar refractivity (Wildman–Crippen MR) is 79.6 cm³/mol. The van der Waals surface area contributed by atoms with Gasteiger partial charge >= 0.3 is 5.97 Å². The van der Waals surface area contributed by atoms with Crippen LogP contribution >= 0.6 is 11.6 Å². The van der Waals surface area contributed by atoms with Crippen molar-refractivity contribution in [2.24, 2.45) is 5.73 Å². The van der Waals surface area contributed by atoms with Crippen LogP contribution in [0, 0.1) is 5.82 Å². The van der Waals surface area contributed by atoms with E-state index >= 15 is 0 Å². The number of halogens is 2. The van der Waals surface area contributed by atoms with Gasteiger partial charge in [-0.05, 0) is 30.3 Å². The number of nitrogens with two attached hydrogens (primary N) is 2. The zero-order chi connectivity index (χ0) is 16.3. The fourth-order valence-corrected chi connectivity index (χ4v) is 1.89. The van der Waals surface area contributed by atoms with Crippen LogP contribution in [0.25, 0.3) is 0 Å². The lowest BCUT2D eigenvalue weighted by Gasteiger charge is -2.15. The molecule has 0 saturated carbocycles. The average Bonchev–Trinajstić information content (AvgIpc) is 2.48. The Labute approximate surface area is 130 Å². The van der Waals surface area contributed by atoms with Crippen LogP contribution in [0.5, 0.6) is 0 Å². The van der Waals surface area contributed by atoms with E-state index in [1.165, 1.54) is 30.3 Å². The van der Waals surface area contributed by atoms with E-state index in [9.17, 15) is 14.0 Å². The lowest BCUT2D eigenvalue weighted by Crippen LogP contribution is -2.26. The maximum absolute atomic E-state index is 12.9. The van der Waals surface area contributed by atoms with Crippen LogP contribution in [0.3, 0.4) is 0 Å². The topological polar surface area (TPSA) is 95.4 Å². The first kappa shape index (κ1) is 15.8. The van der Waals surface area contributed by atoms with Gasteiger partial charge in [-0.1, -0.05) is 23.7 Å². The third-order valence-corrected chi connectivity index (χ3v) is 3.23. The van der Waals surface area contributed by atoms with Crippen LogP contribution in [0.4, 0.5) is 10.1 Å². The van der Waals surface area contributed by atoms with E-state index < -0.39 is 23.8 Å². The number of esters is 1. The van der Waals surface area contributed by atoms with Crippen LogP contribution in [0.15, 0.2) is 42.5 Å². The highest BCUT2D eigenvalue weighted by atomic mass is 35.5. The molecule has 2 rings (SSSR count). The molecule has 114 valence electrons. The molecule has 22 heavy (non-hydrogen) atoms. The molecule has 0 bridgehead atoms. The zero-order valence-electron chi connectivity index (χ0n) is 11.3. The van der Waals surface area contributed by atoms with Crippen LogP contribution in [0.2, 0.25) is 5.02 Å². The number of primary amides is 1. The predicted octanol–water partition coefficient (Wildman–Crippen LogP) is 2.44. The van der Waals surface area contributed by atoms with Crippen LogP contribution < -0.4 is 11.5 Å². The van der Waals surface area contributed by atoms with E-state index in [-0.39, 0.29) is 16.8 Å². The lowest BCUT2D eigenvalue weighted by atomic mass is 10.1. The van der Waals surface area contributed by atoms with Gasteiger partial charge < -0.3 is 16.2 Å². The molecule has 0 fully saturated rings. The normalized spacial score (nSPS) is 11.7. The van der Waals surface area contributed by atoms with E-state index in [4.69, 9.17) is 27.8 Å². The van der Waals surface area contributed by atoms with Gasteiger partial charge in [0, 0.05) is 5.56 Å². The SMILES string of the molecule is NC(=O)[C@H](OC(=O)c1ccc(Cl)c(N)c1)c1ccc(F)cc1. The molecule has 0 unspecified atom stereocenters. The lowest BCUT2D eigenvalue weighted by molar-refractivity contribution is -0.127. The van der Waals surface area contributed by atoms with Crippen molar-refractivity contribution in [3.63, 3.8) is 0 Å². The molecular weight excluding hydrogens is 311 g/mol. The number of rotatable bonds is 4. The molecule has 0 aliphatic rings. The molecular formula is C15H12ClFN2O3. The Kier molecular flexibility index (Phi) is 4.62. The van der Waals surface area contributed by atoms with E-state index in [0.29, 0.717) is 5.02 Å². The second-order valence-electron chi connectivity index (χ2n) is 4.48. The summed E-state index contributed by atoms with van der Waals surface area (Å²) in [6.07, 6.45) is -1.33. The minimum Gasteiger partial charge on any atom is -0.444 e. The first-order valence-electron chi connectivity index (χ1n) is 6.19. The summed E-state index contributed by atoms with van der Waals surface area (Å²) in [4.78, 5) is 23.5. The second-order valence-corrected chi connectivity index (χ2v) is 4.88. The third kappa shape index (κ3) is 3.53. The highest BCUT2D eigenvalue weighted by Crippen LogP contribution is 2.23. The van der Waals surface area contributed by atoms with Gasteiger partial charge in [0.2, 0.25) is 6.10 Å². The largest absolute Gasteiger partial charge is 0.444 e. The molecule has 2 aromatic rings. The average molecular weight is 323 g/mol. The molecule has 1 amide bonds. The number of benzene rings is 2. The van der Waals surface area contributed by atoms with Gasteiger partial charge in [0.15, 0.2) is 0 Å². The maximum atomic E-state index is 12.9. The van der Waals surface area contributed by atoms with Crippen LogP contribution in [-0.2, 0) is 9.53 Å². The number of hydrogen-bond donors (Lipinski definition) is 2.